The summed E-state index contributed by atoms with van der Waals surface area (Å²) >= 11 is 0. The number of rotatable bonds is 5. The van der Waals surface area contributed by atoms with Gasteiger partial charge in [0.25, 0.3) is 0 Å². The van der Waals surface area contributed by atoms with Crippen molar-refractivity contribution in [1.29, 1.82) is 0 Å². The fraction of sp³-hybridized carbons (Fsp3) is 0.417. The monoisotopic (exact) mass is 247 g/mol. The molecule has 0 saturated carbocycles. The molecular formula is C12H17N5O. The SMILES string of the molecule is CCOc1cc(NC(C)c2cnn(C)c2)ncn1. The van der Waals surface area contributed by atoms with Crippen LogP contribution < -0.4 is 10.1 Å². The molecule has 0 bridgehead atoms. The molecule has 1 atom stereocenters. The number of aryl methyl sites for hydroxylation is 1. The first-order valence-electron chi connectivity index (χ1n) is 5.89. The molecular weight excluding hydrogens is 230 g/mol. The summed E-state index contributed by atoms with van der Waals surface area (Å²) in [6, 6.07) is 1.92. The second kappa shape index (κ2) is 5.48. The minimum absolute atomic E-state index is 0.128. The first-order valence-corrected chi connectivity index (χ1v) is 5.89. The number of aromatic nitrogens is 4. The smallest absolute Gasteiger partial charge is 0.218 e. The standard InChI is InChI=1S/C12H17N5O/c1-4-18-12-5-11(13-8-14-12)16-9(2)10-6-15-17(3)7-10/h5-9H,4H2,1-3H3,(H,13,14,16). The van der Waals surface area contributed by atoms with Gasteiger partial charge in [0.2, 0.25) is 5.88 Å². The van der Waals surface area contributed by atoms with E-state index >= 15 is 0 Å². The van der Waals surface area contributed by atoms with Gasteiger partial charge in [-0.2, -0.15) is 5.10 Å². The van der Waals surface area contributed by atoms with Gasteiger partial charge in [0, 0.05) is 24.9 Å². The molecule has 0 amide bonds. The van der Waals surface area contributed by atoms with Gasteiger partial charge >= 0.3 is 0 Å². The molecule has 0 saturated heterocycles. The minimum Gasteiger partial charge on any atom is -0.478 e. The number of anilines is 1. The molecule has 18 heavy (non-hydrogen) atoms. The molecule has 0 aliphatic heterocycles. The molecule has 1 N–H and O–H groups in total. The number of hydrogen-bond acceptors (Lipinski definition) is 5. The van der Waals surface area contributed by atoms with Crippen LogP contribution in [0.25, 0.3) is 0 Å². The molecule has 2 heterocycles. The molecule has 6 heteroatoms. The number of nitrogens with zero attached hydrogens (tertiary/aromatic N) is 4. The highest BCUT2D eigenvalue weighted by atomic mass is 16.5. The predicted octanol–water partition coefficient (Wildman–Crippen LogP) is 1.78. The third kappa shape index (κ3) is 2.97. The molecule has 6 nitrogen and oxygen atoms in total. The molecule has 0 aliphatic rings. The molecule has 0 radical (unpaired) electrons. The molecule has 0 spiro atoms. The zero-order chi connectivity index (χ0) is 13.0. The van der Waals surface area contributed by atoms with Crippen LogP contribution in [0.4, 0.5) is 5.82 Å². The topological polar surface area (TPSA) is 64.9 Å². The van der Waals surface area contributed by atoms with E-state index in [4.69, 9.17) is 4.74 Å². The van der Waals surface area contributed by atoms with Crippen molar-refractivity contribution in [3.8, 4) is 5.88 Å². The van der Waals surface area contributed by atoms with Crippen LogP contribution in [-0.4, -0.2) is 26.4 Å². The van der Waals surface area contributed by atoms with Gasteiger partial charge in [0.15, 0.2) is 0 Å². The Morgan fingerprint density at radius 2 is 2.28 bits per heavy atom. The van der Waals surface area contributed by atoms with Crippen molar-refractivity contribution in [3.63, 3.8) is 0 Å². The van der Waals surface area contributed by atoms with Crippen molar-refractivity contribution in [3.05, 3.63) is 30.4 Å². The fourth-order valence-electron chi connectivity index (χ4n) is 1.61. The minimum atomic E-state index is 0.128. The van der Waals surface area contributed by atoms with Gasteiger partial charge in [-0.3, -0.25) is 4.68 Å². The van der Waals surface area contributed by atoms with E-state index in [1.807, 2.05) is 26.4 Å². The first kappa shape index (κ1) is 12.3. The lowest BCUT2D eigenvalue weighted by Gasteiger charge is -2.13. The highest BCUT2D eigenvalue weighted by Gasteiger charge is 2.08. The van der Waals surface area contributed by atoms with Crippen LogP contribution in [0, 0.1) is 0 Å². The Morgan fingerprint density at radius 1 is 1.44 bits per heavy atom. The van der Waals surface area contributed by atoms with Gasteiger partial charge in [0.1, 0.15) is 12.1 Å². The summed E-state index contributed by atoms with van der Waals surface area (Å²) in [6.07, 6.45) is 5.30. The van der Waals surface area contributed by atoms with E-state index in [-0.39, 0.29) is 6.04 Å². The second-order valence-corrected chi connectivity index (χ2v) is 3.99. The summed E-state index contributed by atoms with van der Waals surface area (Å²) in [6.45, 7) is 4.57. The molecule has 2 aromatic heterocycles. The zero-order valence-corrected chi connectivity index (χ0v) is 10.8. The zero-order valence-electron chi connectivity index (χ0n) is 10.8. The molecule has 96 valence electrons. The normalized spacial score (nSPS) is 12.2. The van der Waals surface area contributed by atoms with Crippen LogP contribution in [0.2, 0.25) is 0 Å². The lowest BCUT2D eigenvalue weighted by molar-refractivity contribution is 0.326. The number of hydrogen-bond donors (Lipinski definition) is 1. The van der Waals surface area contributed by atoms with Crippen LogP contribution in [0.15, 0.2) is 24.8 Å². The quantitative estimate of drug-likeness (QED) is 0.872. The van der Waals surface area contributed by atoms with Gasteiger partial charge in [-0.15, -0.1) is 0 Å². The Balaban J connectivity index is 2.06. The largest absolute Gasteiger partial charge is 0.478 e. The average molecular weight is 247 g/mol. The molecule has 0 aromatic carbocycles. The summed E-state index contributed by atoms with van der Waals surface area (Å²) in [5.74, 6) is 1.32. The Labute approximate surface area is 106 Å². The Bertz CT molecular complexity index is 511. The van der Waals surface area contributed by atoms with E-state index in [9.17, 15) is 0 Å². The summed E-state index contributed by atoms with van der Waals surface area (Å²) in [5.41, 5.74) is 1.11. The molecule has 0 fully saturated rings. The van der Waals surface area contributed by atoms with Gasteiger partial charge < -0.3 is 10.1 Å². The van der Waals surface area contributed by atoms with Gasteiger partial charge in [-0.25, -0.2) is 9.97 Å². The maximum absolute atomic E-state index is 5.33. The van der Waals surface area contributed by atoms with Crippen molar-refractivity contribution in [2.75, 3.05) is 11.9 Å². The summed E-state index contributed by atoms with van der Waals surface area (Å²) in [4.78, 5) is 8.19. The summed E-state index contributed by atoms with van der Waals surface area (Å²) < 4.78 is 7.11. The molecule has 1 unspecified atom stereocenters. The highest BCUT2D eigenvalue weighted by molar-refractivity contribution is 5.39. The van der Waals surface area contributed by atoms with E-state index in [0.29, 0.717) is 12.5 Å². The third-order valence-corrected chi connectivity index (χ3v) is 2.52. The number of ether oxygens (including phenoxy) is 1. The summed E-state index contributed by atoms with van der Waals surface area (Å²) in [5, 5.41) is 7.43. The van der Waals surface area contributed by atoms with Crippen molar-refractivity contribution >= 4 is 5.82 Å². The van der Waals surface area contributed by atoms with Crippen molar-refractivity contribution in [2.24, 2.45) is 7.05 Å². The van der Waals surface area contributed by atoms with E-state index in [2.05, 4.69) is 27.3 Å². The second-order valence-electron chi connectivity index (χ2n) is 3.99. The van der Waals surface area contributed by atoms with Crippen molar-refractivity contribution < 1.29 is 4.74 Å². The fourth-order valence-corrected chi connectivity index (χ4v) is 1.61. The lowest BCUT2D eigenvalue weighted by atomic mass is 10.2. The summed E-state index contributed by atoms with van der Waals surface area (Å²) in [7, 11) is 1.90. The van der Waals surface area contributed by atoms with Gasteiger partial charge in [-0.05, 0) is 13.8 Å². The Morgan fingerprint density at radius 3 is 2.94 bits per heavy atom. The average Bonchev–Trinajstić information content (AvgIpc) is 2.77. The van der Waals surface area contributed by atoms with Crippen LogP contribution >= 0.6 is 0 Å². The van der Waals surface area contributed by atoms with E-state index in [1.54, 1.807) is 10.7 Å². The van der Waals surface area contributed by atoms with Crippen LogP contribution in [0.5, 0.6) is 5.88 Å². The van der Waals surface area contributed by atoms with Crippen molar-refractivity contribution in [2.45, 2.75) is 19.9 Å². The predicted molar refractivity (Wildman–Crippen MR) is 68.4 cm³/mol. The van der Waals surface area contributed by atoms with Crippen LogP contribution in [0.3, 0.4) is 0 Å². The molecule has 0 aliphatic carbocycles. The maximum Gasteiger partial charge on any atom is 0.218 e. The van der Waals surface area contributed by atoms with E-state index < -0.39 is 0 Å². The van der Waals surface area contributed by atoms with Crippen molar-refractivity contribution in [1.82, 2.24) is 19.7 Å². The third-order valence-electron chi connectivity index (χ3n) is 2.52. The van der Waals surface area contributed by atoms with Gasteiger partial charge in [0.05, 0.1) is 18.8 Å². The Kier molecular flexibility index (Phi) is 3.76. The van der Waals surface area contributed by atoms with Crippen LogP contribution in [-0.2, 0) is 7.05 Å². The maximum atomic E-state index is 5.33. The number of nitrogens with one attached hydrogen (secondary N) is 1. The van der Waals surface area contributed by atoms with Gasteiger partial charge in [-0.1, -0.05) is 0 Å². The Hall–Kier alpha value is -2.11. The lowest BCUT2D eigenvalue weighted by Crippen LogP contribution is -2.08. The molecule has 2 rings (SSSR count). The van der Waals surface area contributed by atoms with E-state index in [1.165, 1.54) is 6.33 Å². The van der Waals surface area contributed by atoms with Crippen LogP contribution in [0.1, 0.15) is 25.5 Å². The molecule has 2 aromatic rings. The first-order chi connectivity index (χ1) is 8.69. The van der Waals surface area contributed by atoms with E-state index in [0.717, 1.165) is 11.4 Å². The highest BCUT2D eigenvalue weighted by Crippen LogP contribution is 2.18.